The zero-order valence-corrected chi connectivity index (χ0v) is 30.0. The average molecular weight is 662 g/mol. The molecule has 2 aromatic carbocycles. The smallest absolute Gasteiger partial charge is 0.257 e. The maximum atomic E-state index is 14.0. The summed E-state index contributed by atoms with van der Waals surface area (Å²) >= 11 is 0. The highest BCUT2D eigenvalue weighted by Gasteiger charge is 2.33. The third-order valence-electron chi connectivity index (χ3n) is 11.3. The normalized spacial score (nSPS) is 24.0. The quantitative estimate of drug-likeness (QED) is 0.452. The number of hydrogen-bond donors (Lipinski definition) is 2. The average Bonchev–Trinajstić information content (AvgIpc) is 3.61. The van der Waals surface area contributed by atoms with Gasteiger partial charge < -0.3 is 34.8 Å². The summed E-state index contributed by atoms with van der Waals surface area (Å²) in [5, 5.41) is 4.67. The molecule has 4 aliphatic rings. The van der Waals surface area contributed by atoms with E-state index in [0.29, 0.717) is 35.7 Å². The number of amides is 2. The van der Waals surface area contributed by atoms with Gasteiger partial charge in [0.05, 0.1) is 38.3 Å². The fourth-order valence-corrected chi connectivity index (χ4v) is 8.16. The van der Waals surface area contributed by atoms with E-state index >= 15 is 0 Å². The van der Waals surface area contributed by atoms with E-state index in [4.69, 9.17) is 9.47 Å². The number of carbonyl (C=O) groups is 2. The molecule has 3 aliphatic heterocycles. The van der Waals surface area contributed by atoms with E-state index in [1.165, 1.54) is 18.4 Å². The van der Waals surface area contributed by atoms with Gasteiger partial charge in [0.25, 0.3) is 11.8 Å². The first-order chi connectivity index (χ1) is 23.1. The SMILES string of the molecule is CN(C)C(=O)c1ccc(N2CC[NH2+]CC2)cc1OC1CCN(C(=O)c2ccc(O[C@H]3CC[NH2+]C3)c(C3CCC(C(C)(C)C)CC3)c2)CC1. The van der Waals surface area contributed by atoms with Gasteiger partial charge in [-0.15, -0.1) is 0 Å². The van der Waals surface area contributed by atoms with Crippen LogP contribution in [0, 0.1) is 11.3 Å². The van der Waals surface area contributed by atoms with Gasteiger partial charge in [0.2, 0.25) is 0 Å². The number of piperidine rings is 1. The fraction of sp³-hybridized carbons (Fsp3) is 0.641. The Morgan fingerprint density at radius 1 is 0.771 bits per heavy atom. The topological polar surface area (TPSA) is 95.5 Å². The van der Waals surface area contributed by atoms with E-state index in [2.05, 4.69) is 48.4 Å². The number of benzene rings is 2. The molecule has 0 bridgehead atoms. The summed E-state index contributed by atoms with van der Waals surface area (Å²) in [6.07, 6.45) is 7.44. The molecule has 3 heterocycles. The first-order valence-electron chi connectivity index (χ1n) is 18.6. The third kappa shape index (κ3) is 8.11. The van der Waals surface area contributed by atoms with Crippen LogP contribution < -0.4 is 25.0 Å². The van der Waals surface area contributed by atoms with Crippen LogP contribution in [0.2, 0.25) is 0 Å². The monoisotopic (exact) mass is 661 g/mol. The highest BCUT2D eigenvalue weighted by Crippen LogP contribution is 2.45. The summed E-state index contributed by atoms with van der Waals surface area (Å²) in [5.74, 6) is 2.81. The molecule has 1 saturated carbocycles. The molecular weight excluding hydrogens is 602 g/mol. The van der Waals surface area contributed by atoms with Gasteiger partial charge >= 0.3 is 0 Å². The molecule has 262 valence electrons. The van der Waals surface area contributed by atoms with Crippen molar-refractivity contribution in [3.63, 3.8) is 0 Å². The second-order valence-corrected chi connectivity index (χ2v) is 15.9. The number of likely N-dealkylation sites (tertiary alicyclic amines) is 1. The highest BCUT2D eigenvalue weighted by molar-refractivity contribution is 5.97. The maximum Gasteiger partial charge on any atom is 0.257 e. The second kappa shape index (κ2) is 15.1. The van der Waals surface area contributed by atoms with Gasteiger partial charge in [0.15, 0.2) is 6.10 Å². The van der Waals surface area contributed by atoms with Gasteiger partial charge in [-0.05, 0) is 78.8 Å². The minimum atomic E-state index is -0.0580. The number of nitrogens with zero attached hydrogens (tertiary/aromatic N) is 3. The van der Waals surface area contributed by atoms with Crippen molar-refractivity contribution in [1.29, 1.82) is 0 Å². The van der Waals surface area contributed by atoms with Crippen molar-refractivity contribution in [2.24, 2.45) is 11.3 Å². The molecule has 1 atom stereocenters. The van der Waals surface area contributed by atoms with Gasteiger partial charge in [-0.25, -0.2) is 0 Å². The second-order valence-electron chi connectivity index (χ2n) is 15.9. The number of hydrogen-bond acceptors (Lipinski definition) is 5. The van der Waals surface area contributed by atoms with E-state index in [1.54, 1.807) is 19.0 Å². The van der Waals surface area contributed by atoms with Crippen molar-refractivity contribution in [1.82, 2.24) is 9.80 Å². The Morgan fingerprint density at radius 2 is 1.48 bits per heavy atom. The molecule has 6 rings (SSSR count). The summed E-state index contributed by atoms with van der Waals surface area (Å²) < 4.78 is 13.2. The van der Waals surface area contributed by atoms with Gasteiger partial charge in [-0.3, -0.25) is 9.59 Å². The number of quaternary nitrogens is 2. The van der Waals surface area contributed by atoms with Crippen molar-refractivity contribution in [2.45, 2.75) is 83.8 Å². The van der Waals surface area contributed by atoms with Crippen LogP contribution in [0.15, 0.2) is 36.4 Å². The van der Waals surface area contributed by atoms with Crippen molar-refractivity contribution >= 4 is 17.5 Å². The van der Waals surface area contributed by atoms with Crippen LogP contribution >= 0.6 is 0 Å². The highest BCUT2D eigenvalue weighted by atomic mass is 16.5. The number of anilines is 1. The molecule has 9 nitrogen and oxygen atoms in total. The Hall–Kier alpha value is -3.30. The molecule has 4 N–H and O–H groups in total. The number of piperazine rings is 1. The Morgan fingerprint density at radius 3 is 2.12 bits per heavy atom. The Balaban J connectivity index is 1.14. The van der Waals surface area contributed by atoms with Crippen LogP contribution in [0.25, 0.3) is 0 Å². The van der Waals surface area contributed by atoms with Crippen molar-refractivity contribution in [2.75, 3.05) is 71.4 Å². The van der Waals surface area contributed by atoms with E-state index in [1.807, 2.05) is 29.2 Å². The lowest BCUT2D eigenvalue weighted by Gasteiger charge is -2.37. The molecule has 48 heavy (non-hydrogen) atoms. The number of rotatable bonds is 8. The van der Waals surface area contributed by atoms with Crippen LogP contribution in [0.5, 0.6) is 11.5 Å². The first kappa shape index (κ1) is 34.6. The van der Waals surface area contributed by atoms with E-state index in [-0.39, 0.29) is 24.0 Å². The predicted octanol–water partition coefficient (Wildman–Crippen LogP) is 3.49. The molecule has 9 heteroatoms. The molecule has 2 aromatic rings. The molecule has 0 unspecified atom stereocenters. The zero-order valence-electron chi connectivity index (χ0n) is 30.0. The van der Waals surface area contributed by atoms with Crippen molar-refractivity contribution in [3.8, 4) is 11.5 Å². The number of carbonyl (C=O) groups excluding carboxylic acids is 2. The van der Waals surface area contributed by atoms with Gasteiger partial charge in [0, 0.05) is 63.8 Å². The molecule has 3 saturated heterocycles. The first-order valence-corrected chi connectivity index (χ1v) is 18.6. The number of nitrogens with two attached hydrogens (primary N) is 2. The summed E-state index contributed by atoms with van der Waals surface area (Å²) in [5.41, 5.74) is 4.01. The predicted molar refractivity (Wildman–Crippen MR) is 189 cm³/mol. The summed E-state index contributed by atoms with van der Waals surface area (Å²) in [7, 11) is 3.55. The summed E-state index contributed by atoms with van der Waals surface area (Å²) in [4.78, 5) is 33.0. The maximum absolute atomic E-state index is 14.0. The molecule has 0 aromatic heterocycles. The fourth-order valence-electron chi connectivity index (χ4n) is 8.16. The van der Waals surface area contributed by atoms with Crippen LogP contribution in [-0.4, -0.2) is 100 Å². The Kier molecular flexibility index (Phi) is 10.9. The molecular formula is C39H59N5O4+2. The summed E-state index contributed by atoms with van der Waals surface area (Å²) in [6, 6.07) is 12.2. The molecule has 1 aliphatic carbocycles. The standard InChI is InChI=1S/C39H57N5O4/c1-39(2,3)29-9-6-27(7-10-29)34-24-28(8-13-35(34)48-32-14-17-41-26-32)37(45)44-20-15-31(16-21-44)47-36-25-30(43-22-18-40-19-23-43)11-12-33(36)38(46)42(4)5/h8,11-13,24-25,27,29,31-32,40-41H,6-7,9-10,14-23,26H2,1-5H3/p+2/t27?,29?,32-/m0/s1. The van der Waals surface area contributed by atoms with Crippen LogP contribution in [-0.2, 0) is 0 Å². The molecule has 2 amide bonds. The third-order valence-corrected chi connectivity index (χ3v) is 11.3. The lowest BCUT2D eigenvalue weighted by atomic mass is 9.68. The molecule has 0 radical (unpaired) electrons. The lowest BCUT2D eigenvalue weighted by molar-refractivity contribution is -0.655. The van der Waals surface area contributed by atoms with Crippen molar-refractivity contribution in [3.05, 3.63) is 53.1 Å². The molecule has 4 fully saturated rings. The van der Waals surface area contributed by atoms with Crippen LogP contribution in [0.1, 0.15) is 97.9 Å². The van der Waals surface area contributed by atoms with Crippen molar-refractivity contribution < 1.29 is 29.7 Å². The van der Waals surface area contributed by atoms with Crippen LogP contribution in [0.4, 0.5) is 5.69 Å². The lowest BCUT2D eigenvalue weighted by Crippen LogP contribution is -2.89. The number of ether oxygens (including phenoxy) is 2. The molecule has 0 spiro atoms. The van der Waals surface area contributed by atoms with Gasteiger partial charge in [-0.1, -0.05) is 20.8 Å². The van der Waals surface area contributed by atoms with E-state index in [0.717, 1.165) is 94.3 Å². The Labute approximate surface area is 287 Å². The largest absolute Gasteiger partial charge is 0.489 e. The minimum absolute atomic E-state index is 0.0553. The van der Waals surface area contributed by atoms with Gasteiger partial charge in [-0.2, -0.15) is 0 Å². The zero-order chi connectivity index (χ0) is 33.8. The van der Waals surface area contributed by atoms with E-state index in [9.17, 15) is 9.59 Å². The van der Waals surface area contributed by atoms with Gasteiger partial charge in [0.1, 0.15) is 24.1 Å². The van der Waals surface area contributed by atoms with Crippen LogP contribution in [0.3, 0.4) is 0 Å². The summed E-state index contributed by atoms with van der Waals surface area (Å²) in [6.45, 7) is 14.6. The Bertz CT molecular complexity index is 1410. The van der Waals surface area contributed by atoms with E-state index < -0.39 is 0 Å². The minimum Gasteiger partial charge on any atom is -0.489 e.